The standard InChI is InChI=1S/C18H30N2O2/c1-14(2)9-10-19-17(21)20-11-12-22-16-8-6-7-15(13-16)18(3,4)5/h6-8,13-14H,9-12H2,1-5H3,(H2,19,20,21). The molecule has 4 heteroatoms. The number of carbonyl (C=O) groups excluding carboxylic acids is 1. The minimum absolute atomic E-state index is 0.105. The molecule has 0 atom stereocenters. The normalized spacial score (nSPS) is 11.4. The van der Waals surface area contributed by atoms with Gasteiger partial charge in [-0.1, -0.05) is 46.8 Å². The lowest BCUT2D eigenvalue weighted by Crippen LogP contribution is -2.38. The number of carbonyl (C=O) groups is 1. The third-order valence-electron chi connectivity index (χ3n) is 3.36. The highest BCUT2D eigenvalue weighted by molar-refractivity contribution is 5.73. The molecule has 0 aromatic heterocycles. The van der Waals surface area contributed by atoms with Gasteiger partial charge in [-0.3, -0.25) is 0 Å². The van der Waals surface area contributed by atoms with Crippen LogP contribution in [-0.4, -0.2) is 25.7 Å². The first-order valence-electron chi connectivity index (χ1n) is 8.04. The Hall–Kier alpha value is -1.71. The second-order valence-electron chi connectivity index (χ2n) is 6.99. The van der Waals surface area contributed by atoms with E-state index in [4.69, 9.17) is 4.74 Å². The molecule has 0 saturated carbocycles. The number of hydrogen-bond acceptors (Lipinski definition) is 2. The summed E-state index contributed by atoms with van der Waals surface area (Å²) in [6, 6.07) is 7.98. The summed E-state index contributed by atoms with van der Waals surface area (Å²) in [6.45, 7) is 12.5. The fourth-order valence-electron chi connectivity index (χ4n) is 1.92. The van der Waals surface area contributed by atoms with E-state index in [1.165, 1.54) is 5.56 Å². The molecule has 22 heavy (non-hydrogen) atoms. The molecule has 1 aromatic carbocycles. The molecule has 0 aliphatic rings. The topological polar surface area (TPSA) is 50.4 Å². The fourth-order valence-corrected chi connectivity index (χ4v) is 1.92. The van der Waals surface area contributed by atoms with Crippen LogP contribution in [0.4, 0.5) is 4.79 Å². The van der Waals surface area contributed by atoms with Crippen molar-refractivity contribution in [2.75, 3.05) is 19.7 Å². The van der Waals surface area contributed by atoms with Gasteiger partial charge in [0.25, 0.3) is 0 Å². The highest BCUT2D eigenvalue weighted by Gasteiger charge is 2.13. The summed E-state index contributed by atoms with van der Waals surface area (Å²) in [7, 11) is 0. The Kier molecular flexibility index (Phi) is 7.22. The number of rotatable bonds is 7. The van der Waals surface area contributed by atoms with Gasteiger partial charge in [-0.2, -0.15) is 0 Å². The van der Waals surface area contributed by atoms with Crippen molar-refractivity contribution in [3.8, 4) is 5.75 Å². The predicted molar refractivity (Wildman–Crippen MR) is 91.5 cm³/mol. The monoisotopic (exact) mass is 306 g/mol. The summed E-state index contributed by atoms with van der Waals surface area (Å²) in [5.74, 6) is 1.44. The first kappa shape index (κ1) is 18.3. The van der Waals surface area contributed by atoms with Gasteiger partial charge in [-0.25, -0.2) is 4.79 Å². The lowest BCUT2D eigenvalue weighted by Gasteiger charge is -2.19. The van der Waals surface area contributed by atoms with E-state index in [9.17, 15) is 4.79 Å². The van der Waals surface area contributed by atoms with Gasteiger partial charge in [0.05, 0.1) is 6.54 Å². The van der Waals surface area contributed by atoms with E-state index < -0.39 is 0 Å². The molecule has 124 valence electrons. The molecule has 2 N–H and O–H groups in total. The third kappa shape index (κ3) is 7.34. The molecular weight excluding hydrogens is 276 g/mol. The number of benzene rings is 1. The van der Waals surface area contributed by atoms with Crippen LogP contribution in [0.1, 0.15) is 46.6 Å². The van der Waals surface area contributed by atoms with Crippen LogP contribution < -0.4 is 15.4 Å². The number of amides is 2. The molecule has 0 unspecified atom stereocenters. The Morgan fingerprint density at radius 3 is 2.50 bits per heavy atom. The highest BCUT2D eigenvalue weighted by Crippen LogP contribution is 2.25. The third-order valence-corrected chi connectivity index (χ3v) is 3.36. The van der Waals surface area contributed by atoms with E-state index in [0.717, 1.165) is 12.2 Å². The van der Waals surface area contributed by atoms with Gasteiger partial charge in [0.15, 0.2) is 0 Å². The van der Waals surface area contributed by atoms with Gasteiger partial charge < -0.3 is 15.4 Å². The van der Waals surface area contributed by atoms with E-state index in [1.807, 2.05) is 12.1 Å². The Labute approximate surface area is 134 Å². The second kappa shape index (κ2) is 8.66. The van der Waals surface area contributed by atoms with Gasteiger partial charge in [-0.05, 0) is 35.4 Å². The quantitative estimate of drug-likeness (QED) is 0.755. The van der Waals surface area contributed by atoms with E-state index in [2.05, 4.69) is 57.4 Å². The van der Waals surface area contributed by atoms with Crippen LogP contribution in [0, 0.1) is 5.92 Å². The molecule has 0 spiro atoms. The van der Waals surface area contributed by atoms with Crippen LogP contribution in [0.3, 0.4) is 0 Å². The van der Waals surface area contributed by atoms with Crippen LogP contribution >= 0.6 is 0 Å². The van der Waals surface area contributed by atoms with Crippen molar-refractivity contribution in [2.24, 2.45) is 5.92 Å². The molecule has 2 amide bonds. The van der Waals surface area contributed by atoms with Gasteiger partial charge in [0, 0.05) is 6.54 Å². The Bertz CT molecular complexity index is 464. The largest absolute Gasteiger partial charge is 0.492 e. The van der Waals surface area contributed by atoms with E-state index in [0.29, 0.717) is 25.6 Å². The van der Waals surface area contributed by atoms with Crippen molar-refractivity contribution in [1.82, 2.24) is 10.6 Å². The maximum Gasteiger partial charge on any atom is 0.314 e. The maximum atomic E-state index is 11.5. The lowest BCUT2D eigenvalue weighted by atomic mass is 9.87. The summed E-state index contributed by atoms with van der Waals surface area (Å²) in [6.07, 6.45) is 0.990. The molecule has 0 aliphatic heterocycles. The van der Waals surface area contributed by atoms with Crippen molar-refractivity contribution in [2.45, 2.75) is 46.5 Å². The molecule has 1 aromatic rings. The summed E-state index contributed by atoms with van der Waals surface area (Å²) in [5, 5.41) is 5.63. The molecule has 0 radical (unpaired) electrons. The van der Waals surface area contributed by atoms with E-state index in [1.54, 1.807) is 0 Å². The molecule has 0 heterocycles. The molecule has 4 nitrogen and oxygen atoms in total. The summed E-state index contributed by atoms with van der Waals surface area (Å²) in [5.41, 5.74) is 1.35. The average molecular weight is 306 g/mol. The van der Waals surface area contributed by atoms with Gasteiger partial charge in [-0.15, -0.1) is 0 Å². The second-order valence-corrected chi connectivity index (χ2v) is 6.99. The Morgan fingerprint density at radius 2 is 1.86 bits per heavy atom. The van der Waals surface area contributed by atoms with Crippen LogP contribution in [0.2, 0.25) is 0 Å². The average Bonchev–Trinajstić information content (AvgIpc) is 2.42. The number of urea groups is 1. The van der Waals surface area contributed by atoms with Crippen LogP contribution in [0.25, 0.3) is 0 Å². The SMILES string of the molecule is CC(C)CCNC(=O)NCCOc1cccc(C(C)(C)C)c1. The van der Waals surface area contributed by atoms with E-state index in [-0.39, 0.29) is 11.4 Å². The number of ether oxygens (including phenoxy) is 1. The Balaban J connectivity index is 2.26. The molecule has 1 rings (SSSR count). The van der Waals surface area contributed by atoms with Gasteiger partial charge in [0.1, 0.15) is 12.4 Å². The Morgan fingerprint density at radius 1 is 1.18 bits per heavy atom. The zero-order valence-corrected chi connectivity index (χ0v) is 14.5. The summed E-state index contributed by atoms with van der Waals surface area (Å²) < 4.78 is 5.69. The molecular formula is C18H30N2O2. The fraction of sp³-hybridized carbons (Fsp3) is 0.611. The summed E-state index contributed by atoms with van der Waals surface area (Å²) >= 11 is 0. The molecule has 0 aliphatic carbocycles. The first-order chi connectivity index (χ1) is 10.3. The maximum absolute atomic E-state index is 11.5. The highest BCUT2D eigenvalue weighted by atomic mass is 16.5. The number of hydrogen-bond donors (Lipinski definition) is 2. The minimum atomic E-state index is -0.132. The smallest absolute Gasteiger partial charge is 0.314 e. The van der Waals surface area contributed by atoms with Crippen LogP contribution in [0.15, 0.2) is 24.3 Å². The van der Waals surface area contributed by atoms with Crippen molar-refractivity contribution in [3.05, 3.63) is 29.8 Å². The molecule has 0 fully saturated rings. The number of nitrogens with one attached hydrogen (secondary N) is 2. The van der Waals surface area contributed by atoms with Crippen LogP contribution in [-0.2, 0) is 5.41 Å². The predicted octanol–water partition coefficient (Wildman–Crippen LogP) is 3.71. The zero-order valence-electron chi connectivity index (χ0n) is 14.5. The minimum Gasteiger partial charge on any atom is -0.492 e. The van der Waals surface area contributed by atoms with Crippen molar-refractivity contribution < 1.29 is 9.53 Å². The molecule has 0 saturated heterocycles. The van der Waals surface area contributed by atoms with Gasteiger partial charge in [0.2, 0.25) is 0 Å². The van der Waals surface area contributed by atoms with Crippen molar-refractivity contribution in [3.63, 3.8) is 0 Å². The van der Waals surface area contributed by atoms with Crippen LogP contribution in [0.5, 0.6) is 5.75 Å². The first-order valence-corrected chi connectivity index (χ1v) is 8.04. The van der Waals surface area contributed by atoms with Gasteiger partial charge >= 0.3 is 6.03 Å². The van der Waals surface area contributed by atoms with Crippen molar-refractivity contribution in [1.29, 1.82) is 0 Å². The van der Waals surface area contributed by atoms with E-state index >= 15 is 0 Å². The lowest BCUT2D eigenvalue weighted by molar-refractivity contribution is 0.236. The molecule has 0 bridgehead atoms. The van der Waals surface area contributed by atoms with Crippen molar-refractivity contribution >= 4 is 6.03 Å². The summed E-state index contributed by atoms with van der Waals surface area (Å²) in [4.78, 5) is 11.5. The zero-order chi connectivity index (χ0) is 16.6.